The number of amides is 1. The van der Waals surface area contributed by atoms with Crippen molar-refractivity contribution < 1.29 is 9.90 Å². The number of carbonyl (C=O) groups excluding carboxylic acids is 1. The smallest absolute Gasteiger partial charge is 0.268 e. The number of hydrogen-bond donors (Lipinski definition) is 3. The Morgan fingerprint density at radius 2 is 1.90 bits per heavy atom. The molecule has 0 aliphatic heterocycles. The van der Waals surface area contributed by atoms with Crippen molar-refractivity contribution in [2.24, 2.45) is 0 Å². The molecule has 4 nitrogen and oxygen atoms in total. The normalized spacial score (nSPS) is 12.2. The summed E-state index contributed by atoms with van der Waals surface area (Å²) in [5.74, 6) is 0.0214. The number of carbonyl (C=O) groups is 1. The van der Waals surface area contributed by atoms with E-state index in [1.54, 1.807) is 24.3 Å². The molecule has 3 rings (SSSR count). The molecule has 1 unspecified atom stereocenters. The molecular formula is C17H16N2O2. The maximum absolute atomic E-state index is 12.3. The molecule has 3 N–H and O–H groups in total. The molecule has 0 saturated heterocycles. The van der Waals surface area contributed by atoms with Gasteiger partial charge in [0.1, 0.15) is 11.4 Å². The fourth-order valence-electron chi connectivity index (χ4n) is 2.34. The number of aromatic amines is 1. The van der Waals surface area contributed by atoms with Gasteiger partial charge in [-0.1, -0.05) is 30.3 Å². The average molecular weight is 280 g/mol. The van der Waals surface area contributed by atoms with E-state index in [0.29, 0.717) is 5.69 Å². The lowest BCUT2D eigenvalue weighted by Crippen LogP contribution is -2.26. The van der Waals surface area contributed by atoms with Crippen LogP contribution in [-0.4, -0.2) is 16.0 Å². The summed E-state index contributed by atoms with van der Waals surface area (Å²) < 4.78 is 0. The molecule has 0 spiro atoms. The van der Waals surface area contributed by atoms with Gasteiger partial charge in [-0.2, -0.15) is 0 Å². The quantitative estimate of drug-likeness (QED) is 0.688. The van der Waals surface area contributed by atoms with E-state index in [4.69, 9.17) is 0 Å². The van der Waals surface area contributed by atoms with E-state index >= 15 is 0 Å². The number of H-pyrrole nitrogens is 1. The van der Waals surface area contributed by atoms with Gasteiger partial charge < -0.3 is 15.4 Å². The zero-order valence-corrected chi connectivity index (χ0v) is 11.6. The molecule has 1 atom stereocenters. The van der Waals surface area contributed by atoms with Gasteiger partial charge in [0, 0.05) is 10.9 Å². The molecule has 3 aromatic rings. The van der Waals surface area contributed by atoms with Crippen LogP contribution in [-0.2, 0) is 0 Å². The molecule has 2 aromatic carbocycles. The van der Waals surface area contributed by atoms with E-state index in [1.807, 2.05) is 37.3 Å². The second kappa shape index (κ2) is 5.32. The molecule has 106 valence electrons. The van der Waals surface area contributed by atoms with E-state index in [-0.39, 0.29) is 17.7 Å². The third-order valence-electron chi connectivity index (χ3n) is 3.50. The maximum atomic E-state index is 12.3. The van der Waals surface area contributed by atoms with Crippen LogP contribution in [0.4, 0.5) is 0 Å². The number of aromatic nitrogens is 1. The van der Waals surface area contributed by atoms with Crippen molar-refractivity contribution in [3.05, 3.63) is 65.9 Å². The highest BCUT2D eigenvalue weighted by Gasteiger charge is 2.13. The van der Waals surface area contributed by atoms with Crippen LogP contribution in [0.5, 0.6) is 5.75 Å². The Kier molecular flexibility index (Phi) is 3.36. The minimum Gasteiger partial charge on any atom is -0.508 e. The summed E-state index contributed by atoms with van der Waals surface area (Å²) in [6, 6.07) is 16.4. The first-order chi connectivity index (χ1) is 10.1. The third kappa shape index (κ3) is 2.74. The summed E-state index contributed by atoms with van der Waals surface area (Å²) in [6.07, 6.45) is 0. The lowest BCUT2D eigenvalue weighted by atomic mass is 10.1. The van der Waals surface area contributed by atoms with Crippen LogP contribution in [0.1, 0.15) is 29.0 Å². The molecular weight excluding hydrogens is 264 g/mol. The molecule has 21 heavy (non-hydrogen) atoms. The van der Waals surface area contributed by atoms with Crippen LogP contribution in [0.3, 0.4) is 0 Å². The Balaban J connectivity index is 1.80. The predicted molar refractivity (Wildman–Crippen MR) is 82.3 cm³/mol. The van der Waals surface area contributed by atoms with Gasteiger partial charge in [-0.25, -0.2) is 0 Å². The van der Waals surface area contributed by atoms with Crippen LogP contribution in [0, 0.1) is 0 Å². The van der Waals surface area contributed by atoms with E-state index in [9.17, 15) is 9.90 Å². The van der Waals surface area contributed by atoms with Gasteiger partial charge in [0.2, 0.25) is 0 Å². The van der Waals surface area contributed by atoms with Crippen molar-refractivity contribution in [1.29, 1.82) is 0 Å². The van der Waals surface area contributed by atoms with Crippen molar-refractivity contribution in [3.63, 3.8) is 0 Å². The van der Waals surface area contributed by atoms with Gasteiger partial charge in [-0.3, -0.25) is 4.79 Å². The zero-order chi connectivity index (χ0) is 14.8. The van der Waals surface area contributed by atoms with Gasteiger partial charge >= 0.3 is 0 Å². The van der Waals surface area contributed by atoms with Crippen molar-refractivity contribution in [1.82, 2.24) is 10.3 Å². The summed E-state index contributed by atoms with van der Waals surface area (Å²) in [5, 5.41) is 13.2. The molecule has 0 saturated carbocycles. The topological polar surface area (TPSA) is 65.1 Å². The molecule has 1 aromatic heterocycles. The number of rotatable bonds is 3. The van der Waals surface area contributed by atoms with Crippen molar-refractivity contribution in [2.75, 3.05) is 0 Å². The minimum absolute atomic E-state index is 0.0708. The zero-order valence-electron chi connectivity index (χ0n) is 11.6. The molecule has 0 aliphatic rings. The summed E-state index contributed by atoms with van der Waals surface area (Å²) in [6.45, 7) is 1.95. The predicted octanol–water partition coefficient (Wildman–Crippen LogP) is 3.36. The van der Waals surface area contributed by atoms with Gasteiger partial charge in [0.25, 0.3) is 5.91 Å². The van der Waals surface area contributed by atoms with Crippen LogP contribution in [0.2, 0.25) is 0 Å². The number of aromatic hydroxyl groups is 1. The van der Waals surface area contributed by atoms with Gasteiger partial charge in [0.15, 0.2) is 0 Å². The second-order valence-electron chi connectivity index (χ2n) is 5.06. The van der Waals surface area contributed by atoms with Crippen molar-refractivity contribution in [3.8, 4) is 5.75 Å². The summed E-state index contributed by atoms with van der Waals surface area (Å²) in [7, 11) is 0. The average Bonchev–Trinajstić information content (AvgIpc) is 2.91. The minimum atomic E-state index is -0.165. The first-order valence-electron chi connectivity index (χ1n) is 6.81. The Morgan fingerprint density at radius 1 is 1.14 bits per heavy atom. The van der Waals surface area contributed by atoms with Crippen LogP contribution < -0.4 is 5.32 Å². The molecule has 0 fully saturated rings. The van der Waals surface area contributed by atoms with Gasteiger partial charge in [0.05, 0.1) is 6.04 Å². The van der Waals surface area contributed by atoms with Crippen LogP contribution in [0.15, 0.2) is 54.6 Å². The van der Waals surface area contributed by atoms with E-state index in [0.717, 1.165) is 16.5 Å². The van der Waals surface area contributed by atoms with Crippen molar-refractivity contribution >= 4 is 16.8 Å². The fourth-order valence-corrected chi connectivity index (χ4v) is 2.34. The number of nitrogens with one attached hydrogen (secondary N) is 2. The first-order valence-corrected chi connectivity index (χ1v) is 6.81. The molecule has 1 amide bonds. The lowest BCUT2D eigenvalue weighted by molar-refractivity contribution is 0.0935. The number of phenolic OH excluding ortho intramolecular Hbond substituents is 1. The monoisotopic (exact) mass is 280 g/mol. The molecule has 1 heterocycles. The maximum Gasteiger partial charge on any atom is 0.268 e. The lowest BCUT2D eigenvalue weighted by Gasteiger charge is -2.13. The molecule has 0 aliphatic carbocycles. The number of benzene rings is 2. The molecule has 4 heteroatoms. The highest BCUT2D eigenvalue weighted by Crippen LogP contribution is 2.21. The largest absolute Gasteiger partial charge is 0.508 e. The van der Waals surface area contributed by atoms with Crippen LogP contribution >= 0.6 is 0 Å². The summed E-state index contributed by atoms with van der Waals surface area (Å²) in [5.41, 5.74) is 2.36. The first kappa shape index (κ1) is 13.2. The number of hydrogen-bond acceptors (Lipinski definition) is 2. The Bertz CT molecular complexity index is 778. The second-order valence-corrected chi connectivity index (χ2v) is 5.06. The number of phenols is 1. The SMILES string of the molecule is CC(NC(=O)c1cc2cc(O)ccc2[nH]1)c1ccccc1. The highest BCUT2D eigenvalue weighted by molar-refractivity contribution is 5.98. The third-order valence-corrected chi connectivity index (χ3v) is 3.50. The van der Waals surface area contributed by atoms with Crippen LogP contribution in [0.25, 0.3) is 10.9 Å². The Hall–Kier alpha value is -2.75. The standard InChI is InChI=1S/C17H16N2O2/c1-11(12-5-3-2-4-6-12)18-17(21)16-10-13-9-14(20)7-8-15(13)19-16/h2-11,19-20H,1H3,(H,18,21). The van der Waals surface area contributed by atoms with E-state index in [1.165, 1.54) is 0 Å². The Morgan fingerprint density at radius 3 is 2.67 bits per heavy atom. The van der Waals surface area contributed by atoms with Gasteiger partial charge in [-0.15, -0.1) is 0 Å². The summed E-state index contributed by atoms with van der Waals surface area (Å²) >= 11 is 0. The molecule has 0 bridgehead atoms. The number of fused-ring (bicyclic) bond motifs is 1. The van der Waals surface area contributed by atoms with E-state index < -0.39 is 0 Å². The molecule has 0 radical (unpaired) electrons. The fraction of sp³-hybridized carbons (Fsp3) is 0.118. The van der Waals surface area contributed by atoms with E-state index in [2.05, 4.69) is 10.3 Å². The Labute approximate surface area is 122 Å². The van der Waals surface area contributed by atoms with Crippen molar-refractivity contribution in [2.45, 2.75) is 13.0 Å². The highest BCUT2D eigenvalue weighted by atomic mass is 16.3. The summed E-state index contributed by atoms with van der Waals surface area (Å²) in [4.78, 5) is 15.3. The van der Waals surface area contributed by atoms with Gasteiger partial charge in [-0.05, 0) is 36.8 Å².